The molecule has 3 rings (SSSR count). The van der Waals surface area contributed by atoms with E-state index in [2.05, 4.69) is 5.16 Å². The van der Waals surface area contributed by atoms with Crippen LogP contribution in [0.1, 0.15) is 35.0 Å². The van der Waals surface area contributed by atoms with Crippen molar-refractivity contribution in [2.24, 2.45) is 0 Å². The van der Waals surface area contributed by atoms with E-state index >= 15 is 0 Å². The molecule has 1 aliphatic rings. The molecule has 1 amide bonds. The number of esters is 1. The van der Waals surface area contributed by atoms with Crippen molar-refractivity contribution in [3.05, 3.63) is 41.1 Å². The van der Waals surface area contributed by atoms with Crippen LogP contribution >= 0.6 is 0 Å². The summed E-state index contributed by atoms with van der Waals surface area (Å²) in [6.07, 6.45) is 1.80. The number of nitrogens with zero attached hydrogens (tertiary/aromatic N) is 2. The quantitative estimate of drug-likeness (QED) is 0.866. The Kier molecular flexibility index (Phi) is 4.24. The molecule has 24 heavy (non-hydrogen) atoms. The number of benzene rings is 1. The molecule has 0 saturated carbocycles. The van der Waals surface area contributed by atoms with Crippen molar-refractivity contribution in [1.29, 1.82) is 0 Å². The minimum atomic E-state index is -0.711. The maximum Gasteiger partial charge on any atom is 0.346 e. The summed E-state index contributed by atoms with van der Waals surface area (Å²) in [6, 6.07) is 7.81. The number of hydrogen-bond donors (Lipinski definition) is 1. The molecular weight excluding hydrogens is 310 g/mol. The van der Waals surface area contributed by atoms with E-state index in [0.717, 1.165) is 24.1 Å². The van der Waals surface area contributed by atoms with Gasteiger partial charge in [0.15, 0.2) is 6.61 Å². The summed E-state index contributed by atoms with van der Waals surface area (Å²) in [4.78, 5) is 26.4. The summed E-state index contributed by atoms with van der Waals surface area (Å²) in [5.41, 5.74) is 7.94. The average Bonchev–Trinajstić information content (AvgIpc) is 2.91. The largest absolute Gasteiger partial charge is 0.452 e. The topological polar surface area (TPSA) is 98.7 Å². The molecule has 1 aliphatic heterocycles. The number of anilines is 2. The van der Waals surface area contributed by atoms with Crippen LogP contribution in [0.5, 0.6) is 0 Å². The van der Waals surface area contributed by atoms with Crippen LogP contribution in [-0.2, 0) is 16.0 Å². The Morgan fingerprint density at radius 1 is 1.42 bits per heavy atom. The maximum atomic E-state index is 12.6. The zero-order chi connectivity index (χ0) is 17.3. The van der Waals surface area contributed by atoms with Crippen LogP contribution in [0.4, 0.5) is 11.6 Å². The fraction of sp³-hybridized carbons (Fsp3) is 0.353. The highest BCUT2D eigenvalue weighted by atomic mass is 16.5. The van der Waals surface area contributed by atoms with E-state index < -0.39 is 5.97 Å². The Morgan fingerprint density at radius 3 is 2.88 bits per heavy atom. The lowest BCUT2D eigenvalue weighted by atomic mass is 9.96. The van der Waals surface area contributed by atoms with Gasteiger partial charge < -0.3 is 19.9 Å². The molecule has 0 saturated heterocycles. The molecule has 0 bridgehead atoms. The number of rotatable bonds is 3. The lowest BCUT2D eigenvalue weighted by Crippen LogP contribution is -2.44. The standard InChI is InChI=1S/C17H19N3O4/c1-10-7-8-12-5-3-4-6-13(12)20(10)14(21)9-23-17(22)15-11(2)19-24-16(15)18/h3-6,10H,7-9,18H2,1-2H3. The summed E-state index contributed by atoms with van der Waals surface area (Å²) in [6.45, 7) is 3.21. The van der Waals surface area contributed by atoms with E-state index in [-0.39, 0.29) is 30.0 Å². The van der Waals surface area contributed by atoms with Crippen molar-refractivity contribution < 1.29 is 18.8 Å². The van der Waals surface area contributed by atoms with Crippen molar-refractivity contribution in [3.63, 3.8) is 0 Å². The van der Waals surface area contributed by atoms with Gasteiger partial charge in [-0.25, -0.2) is 4.79 Å². The van der Waals surface area contributed by atoms with Gasteiger partial charge in [-0.1, -0.05) is 23.4 Å². The summed E-state index contributed by atoms with van der Waals surface area (Å²) in [5, 5.41) is 3.60. The number of carbonyl (C=O) groups excluding carboxylic acids is 2. The van der Waals surface area contributed by atoms with Crippen LogP contribution in [0, 0.1) is 6.92 Å². The number of nitrogens with two attached hydrogens (primary N) is 1. The van der Waals surface area contributed by atoms with Gasteiger partial charge in [-0.05, 0) is 38.3 Å². The first-order chi connectivity index (χ1) is 11.5. The summed E-state index contributed by atoms with van der Waals surface area (Å²) in [7, 11) is 0. The van der Waals surface area contributed by atoms with Crippen LogP contribution in [0.3, 0.4) is 0 Å². The van der Waals surface area contributed by atoms with Crippen LogP contribution in [-0.4, -0.2) is 29.7 Å². The molecule has 7 nitrogen and oxygen atoms in total. The number of para-hydroxylation sites is 1. The molecule has 2 heterocycles. The molecule has 2 aromatic rings. The van der Waals surface area contributed by atoms with E-state index in [4.69, 9.17) is 15.0 Å². The van der Waals surface area contributed by atoms with E-state index in [1.165, 1.54) is 0 Å². The SMILES string of the molecule is Cc1noc(N)c1C(=O)OCC(=O)N1c2ccccc2CCC1C. The van der Waals surface area contributed by atoms with Crippen molar-refractivity contribution in [2.75, 3.05) is 17.2 Å². The van der Waals surface area contributed by atoms with Crippen molar-refractivity contribution in [3.8, 4) is 0 Å². The van der Waals surface area contributed by atoms with Crippen LogP contribution in [0.25, 0.3) is 0 Å². The molecule has 0 aliphatic carbocycles. The van der Waals surface area contributed by atoms with E-state index in [0.29, 0.717) is 5.69 Å². The van der Waals surface area contributed by atoms with Gasteiger partial charge in [0, 0.05) is 11.7 Å². The minimum absolute atomic E-state index is 0.0495. The third-order valence-corrected chi connectivity index (χ3v) is 4.21. The first kappa shape index (κ1) is 16.0. The van der Waals surface area contributed by atoms with Gasteiger partial charge in [0.1, 0.15) is 5.56 Å². The van der Waals surface area contributed by atoms with Crippen LogP contribution in [0.15, 0.2) is 28.8 Å². The minimum Gasteiger partial charge on any atom is -0.452 e. The first-order valence-corrected chi connectivity index (χ1v) is 7.78. The molecule has 126 valence electrons. The van der Waals surface area contributed by atoms with Crippen LogP contribution in [0.2, 0.25) is 0 Å². The smallest absolute Gasteiger partial charge is 0.346 e. The average molecular weight is 329 g/mol. The Hall–Kier alpha value is -2.83. The van der Waals surface area contributed by atoms with Gasteiger partial charge in [0.2, 0.25) is 5.88 Å². The Morgan fingerprint density at radius 2 is 2.17 bits per heavy atom. The fourth-order valence-electron chi connectivity index (χ4n) is 2.97. The summed E-state index contributed by atoms with van der Waals surface area (Å²) in [5.74, 6) is -1.09. The molecule has 1 unspecified atom stereocenters. The Labute approximate surface area is 139 Å². The number of hydrogen-bond acceptors (Lipinski definition) is 6. The first-order valence-electron chi connectivity index (χ1n) is 7.78. The highest BCUT2D eigenvalue weighted by Crippen LogP contribution is 2.30. The monoisotopic (exact) mass is 329 g/mol. The zero-order valence-electron chi connectivity index (χ0n) is 13.6. The number of aryl methyl sites for hydroxylation is 2. The number of ether oxygens (including phenoxy) is 1. The van der Waals surface area contributed by atoms with Crippen molar-refractivity contribution in [2.45, 2.75) is 32.7 Å². The second kappa shape index (κ2) is 6.35. The Bertz CT molecular complexity index is 764. The molecule has 0 radical (unpaired) electrons. The molecular formula is C17H19N3O4. The second-order valence-electron chi connectivity index (χ2n) is 5.86. The molecule has 7 heteroatoms. The highest BCUT2D eigenvalue weighted by molar-refractivity contribution is 5.99. The van der Waals surface area contributed by atoms with E-state index in [1.807, 2.05) is 31.2 Å². The fourth-order valence-corrected chi connectivity index (χ4v) is 2.97. The number of amides is 1. The number of carbonyl (C=O) groups is 2. The van der Waals surface area contributed by atoms with Crippen molar-refractivity contribution in [1.82, 2.24) is 5.16 Å². The number of aromatic nitrogens is 1. The van der Waals surface area contributed by atoms with Crippen LogP contribution < -0.4 is 10.6 Å². The third kappa shape index (κ3) is 2.84. The normalized spacial score (nSPS) is 16.6. The lowest BCUT2D eigenvalue weighted by Gasteiger charge is -2.35. The maximum absolute atomic E-state index is 12.6. The van der Waals surface area contributed by atoms with Gasteiger partial charge in [-0.2, -0.15) is 0 Å². The molecule has 0 fully saturated rings. The molecule has 1 aromatic heterocycles. The summed E-state index contributed by atoms with van der Waals surface area (Å²) >= 11 is 0. The predicted molar refractivity (Wildman–Crippen MR) is 87.6 cm³/mol. The van der Waals surface area contributed by atoms with Gasteiger partial charge >= 0.3 is 5.97 Å². The summed E-state index contributed by atoms with van der Waals surface area (Å²) < 4.78 is 9.85. The number of fused-ring (bicyclic) bond motifs is 1. The van der Waals surface area contributed by atoms with Gasteiger partial charge in [-0.15, -0.1) is 0 Å². The van der Waals surface area contributed by atoms with Crippen molar-refractivity contribution >= 4 is 23.4 Å². The molecule has 1 atom stereocenters. The molecule has 1 aromatic carbocycles. The lowest BCUT2D eigenvalue weighted by molar-refractivity contribution is -0.122. The zero-order valence-corrected chi connectivity index (χ0v) is 13.6. The second-order valence-corrected chi connectivity index (χ2v) is 5.86. The highest BCUT2D eigenvalue weighted by Gasteiger charge is 2.29. The number of nitrogen functional groups attached to an aromatic ring is 1. The van der Waals surface area contributed by atoms with Gasteiger partial charge in [0.25, 0.3) is 5.91 Å². The van der Waals surface area contributed by atoms with E-state index in [9.17, 15) is 9.59 Å². The van der Waals surface area contributed by atoms with E-state index in [1.54, 1.807) is 11.8 Å². The predicted octanol–water partition coefficient (Wildman–Crippen LogP) is 2.09. The van der Waals surface area contributed by atoms with Gasteiger partial charge in [0.05, 0.1) is 5.69 Å². The Balaban J connectivity index is 1.73. The third-order valence-electron chi connectivity index (χ3n) is 4.21. The molecule has 0 spiro atoms. The van der Waals surface area contributed by atoms with Gasteiger partial charge in [-0.3, -0.25) is 4.79 Å². The molecule has 2 N–H and O–H groups in total.